The summed E-state index contributed by atoms with van der Waals surface area (Å²) in [6.45, 7) is 4.92. The number of nitriles is 1. The van der Waals surface area contributed by atoms with Crippen LogP contribution in [0.3, 0.4) is 0 Å². The number of aryl methyl sites for hydroxylation is 1. The van der Waals surface area contributed by atoms with Crippen molar-refractivity contribution in [2.75, 3.05) is 13.2 Å². The Balaban J connectivity index is 1.71. The van der Waals surface area contributed by atoms with E-state index in [4.69, 9.17) is 14.7 Å². The monoisotopic (exact) mass is 353 g/mol. The van der Waals surface area contributed by atoms with Gasteiger partial charge >= 0.3 is 0 Å². The van der Waals surface area contributed by atoms with Crippen LogP contribution in [0.15, 0.2) is 30.3 Å². The molecule has 6 heteroatoms. The SMILES string of the molecule is Cc1cc(C(=O)N[C@@H]2CCOC[C@H]2Oc2ccc(C#N)cc2)c(C)n1C. The number of amides is 1. The van der Waals surface area contributed by atoms with E-state index in [0.29, 0.717) is 36.5 Å². The molecule has 26 heavy (non-hydrogen) atoms. The summed E-state index contributed by atoms with van der Waals surface area (Å²) < 4.78 is 13.5. The lowest BCUT2D eigenvalue weighted by Gasteiger charge is -2.32. The minimum absolute atomic E-state index is 0.0912. The first-order valence-electron chi connectivity index (χ1n) is 8.68. The van der Waals surface area contributed by atoms with Crippen molar-refractivity contribution in [2.45, 2.75) is 32.4 Å². The molecule has 1 fully saturated rings. The average Bonchev–Trinajstić information content (AvgIpc) is 2.91. The Morgan fingerprint density at radius 3 is 2.69 bits per heavy atom. The van der Waals surface area contributed by atoms with Gasteiger partial charge in [0, 0.05) is 25.0 Å². The third-order valence-corrected chi connectivity index (χ3v) is 4.91. The smallest absolute Gasteiger partial charge is 0.253 e. The summed E-state index contributed by atoms with van der Waals surface area (Å²) in [4.78, 5) is 12.7. The highest BCUT2D eigenvalue weighted by Crippen LogP contribution is 2.20. The maximum Gasteiger partial charge on any atom is 0.253 e. The Kier molecular flexibility index (Phi) is 5.29. The lowest BCUT2D eigenvalue weighted by atomic mass is 10.0. The fourth-order valence-corrected chi connectivity index (χ4v) is 3.11. The predicted molar refractivity (Wildman–Crippen MR) is 97.2 cm³/mol. The third-order valence-electron chi connectivity index (χ3n) is 4.91. The molecule has 1 amide bonds. The normalized spacial score (nSPS) is 19.6. The van der Waals surface area contributed by atoms with Crippen LogP contribution in [0, 0.1) is 25.2 Å². The Hall–Kier alpha value is -2.78. The van der Waals surface area contributed by atoms with Gasteiger partial charge in [-0.25, -0.2) is 0 Å². The summed E-state index contributed by atoms with van der Waals surface area (Å²) in [6.07, 6.45) is 0.420. The number of nitrogens with zero attached hydrogens (tertiary/aromatic N) is 2. The zero-order chi connectivity index (χ0) is 18.7. The van der Waals surface area contributed by atoms with E-state index >= 15 is 0 Å². The van der Waals surface area contributed by atoms with Gasteiger partial charge in [0.05, 0.1) is 29.8 Å². The number of benzene rings is 1. The number of nitrogens with one attached hydrogen (secondary N) is 1. The molecule has 1 aromatic carbocycles. The number of rotatable bonds is 4. The zero-order valence-electron chi connectivity index (χ0n) is 15.3. The molecule has 3 rings (SSSR count). The van der Waals surface area contributed by atoms with E-state index in [-0.39, 0.29) is 18.1 Å². The number of ether oxygens (including phenoxy) is 2. The van der Waals surface area contributed by atoms with E-state index in [1.807, 2.05) is 31.5 Å². The van der Waals surface area contributed by atoms with Gasteiger partial charge in [-0.2, -0.15) is 5.26 Å². The first kappa shape index (κ1) is 18.0. The number of aromatic nitrogens is 1. The van der Waals surface area contributed by atoms with E-state index in [9.17, 15) is 4.79 Å². The van der Waals surface area contributed by atoms with Crippen LogP contribution >= 0.6 is 0 Å². The lowest BCUT2D eigenvalue weighted by molar-refractivity contribution is -0.0135. The molecule has 0 bridgehead atoms. The van der Waals surface area contributed by atoms with Crippen molar-refractivity contribution in [3.63, 3.8) is 0 Å². The van der Waals surface area contributed by atoms with E-state index in [1.54, 1.807) is 24.3 Å². The Morgan fingerprint density at radius 2 is 2.08 bits per heavy atom. The summed E-state index contributed by atoms with van der Waals surface area (Å²) in [5.74, 6) is 0.567. The zero-order valence-corrected chi connectivity index (χ0v) is 15.3. The Morgan fingerprint density at radius 1 is 1.35 bits per heavy atom. The second-order valence-corrected chi connectivity index (χ2v) is 6.58. The highest BCUT2D eigenvalue weighted by Gasteiger charge is 2.30. The standard InChI is InChI=1S/C20H23N3O3/c1-13-10-17(14(2)23(13)3)20(24)22-18-8-9-25-12-19(18)26-16-6-4-15(11-21)5-7-16/h4-7,10,18-19H,8-9,12H2,1-3H3,(H,22,24)/t18-,19-/m1/s1. The predicted octanol–water partition coefficient (Wildman–Crippen LogP) is 2.48. The molecular formula is C20H23N3O3. The second kappa shape index (κ2) is 7.63. The highest BCUT2D eigenvalue weighted by atomic mass is 16.5. The highest BCUT2D eigenvalue weighted by molar-refractivity contribution is 5.95. The van der Waals surface area contributed by atoms with E-state index in [2.05, 4.69) is 11.4 Å². The molecule has 1 N–H and O–H groups in total. The number of hydrogen-bond donors (Lipinski definition) is 1. The van der Waals surface area contributed by atoms with Gasteiger partial charge in [-0.3, -0.25) is 4.79 Å². The van der Waals surface area contributed by atoms with Gasteiger partial charge in [0.15, 0.2) is 0 Å². The van der Waals surface area contributed by atoms with Crippen LogP contribution in [0.5, 0.6) is 5.75 Å². The van der Waals surface area contributed by atoms with E-state index in [1.165, 1.54) is 0 Å². The Bertz CT molecular complexity index is 833. The average molecular weight is 353 g/mol. The van der Waals surface area contributed by atoms with Crippen LogP contribution in [-0.4, -0.2) is 35.8 Å². The second-order valence-electron chi connectivity index (χ2n) is 6.58. The molecule has 2 aromatic rings. The molecule has 0 unspecified atom stereocenters. The van der Waals surface area contributed by atoms with E-state index in [0.717, 1.165) is 11.4 Å². The van der Waals surface area contributed by atoms with Crippen molar-refractivity contribution in [1.29, 1.82) is 5.26 Å². The van der Waals surface area contributed by atoms with Crippen LogP contribution in [0.1, 0.15) is 33.7 Å². The maximum atomic E-state index is 12.7. The molecular weight excluding hydrogens is 330 g/mol. The molecule has 2 atom stereocenters. The van der Waals surface area contributed by atoms with Crippen molar-refractivity contribution in [3.8, 4) is 11.8 Å². The molecule has 0 saturated carbocycles. The molecule has 6 nitrogen and oxygen atoms in total. The largest absolute Gasteiger partial charge is 0.486 e. The minimum Gasteiger partial charge on any atom is -0.486 e. The summed E-state index contributed by atoms with van der Waals surface area (Å²) in [6, 6.07) is 10.8. The molecule has 0 radical (unpaired) electrons. The van der Waals surface area contributed by atoms with Crippen LogP contribution in [-0.2, 0) is 11.8 Å². The lowest BCUT2D eigenvalue weighted by Crippen LogP contribution is -2.51. The van der Waals surface area contributed by atoms with Gasteiger partial charge in [0.2, 0.25) is 0 Å². The first-order valence-corrected chi connectivity index (χ1v) is 8.68. The van der Waals surface area contributed by atoms with Gasteiger partial charge in [-0.15, -0.1) is 0 Å². The third kappa shape index (κ3) is 3.73. The Labute approximate surface area is 153 Å². The summed E-state index contributed by atoms with van der Waals surface area (Å²) >= 11 is 0. The fourth-order valence-electron chi connectivity index (χ4n) is 3.11. The number of hydrogen-bond acceptors (Lipinski definition) is 4. The van der Waals surface area contributed by atoms with E-state index < -0.39 is 0 Å². The molecule has 2 heterocycles. The quantitative estimate of drug-likeness (QED) is 0.916. The minimum atomic E-state index is -0.272. The van der Waals surface area contributed by atoms with Gasteiger partial charge in [0.1, 0.15) is 11.9 Å². The van der Waals surface area contributed by atoms with Crippen molar-refractivity contribution in [1.82, 2.24) is 9.88 Å². The number of carbonyl (C=O) groups excluding carboxylic acids is 1. The molecule has 1 aromatic heterocycles. The molecule has 1 aliphatic heterocycles. The van der Waals surface area contributed by atoms with Gasteiger partial charge in [0.25, 0.3) is 5.91 Å². The van der Waals surface area contributed by atoms with Gasteiger partial charge < -0.3 is 19.4 Å². The summed E-state index contributed by atoms with van der Waals surface area (Å²) in [5, 5.41) is 12.0. The van der Waals surface area contributed by atoms with Crippen LogP contribution in [0.2, 0.25) is 0 Å². The first-order chi connectivity index (χ1) is 12.5. The molecule has 0 aliphatic carbocycles. The van der Waals surface area contributed by atoms with Crippen LogP contribution in [0.4, 0.5) is 0 Å². The van der Waals surface area contributed by atoms with Crippen LogP contribution in [0.25, 0.3) is 0 Å². The van der Waals surface area contributed by atoms with Gasteiger partial charge in [-0.05, 0) is 50.6 Å². The number of carbonyl (C=O) groups is 1. The van der Waals surface area contributed by atoms with Crippen molar-refractivity contribution in [2.24, 2.45) is 7.05 Å². The molecule has 136 valence electrons. The van der Waals surface area contributed by atoms with Gasteiger partial charge in [-0.1, -0.05) is 0 Å². The summed E-state index contributed by atoms with van der Waals surface area (Å²) in [7, 11) is 1.95. The molecule has 0 spiro atoms. The van der Waals surface area contributed by atoms with Crippen molar-refractivity contribution in [3.05, 3.63) is 52.8 Å². The maximum absolute atomic E-state index is 12.7. The van der Waals surface area contributed by atoms with Crippen molar-refractivity contribution < 1.29 is 14.3 Å². The summed E-state index contributed by atoms with van der Waals surface area (Å²) in [5.41, 5.74) is 3.26. The molecule has 1 aliphatic rings. The topological polar surface area (TPSA) is 76.3 Å². The molecule has 1 saturated heterocycles. The van der Waals surface area contributed by atoms with Crippen molar-refractivity contribution >= 4 is 5.91 Å². The fraction of sp³-hybridized carbons (Fsp3) is 0.400. The van der Waals surface area contributed by atoms with Crippen LogP contribution < -0.4 is 10.1 Å².